The number of ether oxygens (including phenoxy) is 1. The zero-order valence-corrected chi connectivity index (χ0v) is 11.4. The molecule has 1 unspecified atom stereocenters. The van der Waals surface area contributed by atoms with E-state index in [2.05, 4.69) is 36.7 Å². The van der Waals surface area contributed by atoms with Gasteiger partial charge in [0.15, 0.2) is 0 Å². The molecule has 0 saturated carbocycles. The topological polar surface area (TPSA) is 28.3 Å². The van der Waals surface area contributed by atoms with Crippen molar-refractivity contribution >= 4 is 10.9 Å². The van der Waals surface area contributed by atoms with E-state index in [1.807, 2.05) is 24.4 Å². The highest BCUT2D eigenvalue weighted by Crippen LogP contribution is 2.20. The molecule has 1 aromatic heterocycles. The average molecular weight is 245 g/mol. The Kier molecular flexibility index (Phi) is 4.26. The van der Waals surface area contributed by atoms with Gasteiger partial charge in [-0.05, 0) is 32.1 Å². The molecule has 1 radical (unpaired) electrons. The number of rotatable bonds is 6. The molecule has 0 spiro atoms. The lowest BCUT2D eigenvalue weighted by molar-refractivity contribution is 0.153. The first-order valence-corrected chi connectivity index (χ1v) is 6.60. The minimum atomic E-state index is 0.196. The van der Waals surface area contributed by atoms with Gasteiger partial charge in [0.2, 0.25) is 0 Å². The molecule has 1 N–H and O–H groups in total. The summed E-state index contributed by atoms with van der Waals surface area (Å²) in [6.45, 7) is 9.56. The molecule has 1 heterocycles. The fourth-order valence-corrected chi connectivity index (χ4v) is 2.15. The van der Waals surface area contributed by atoms with E-state index < -0.39 is 0 Å². The molecule has 0 fully saturated rings. The number of aromatic amines is 1. The van der Waals surface area contributed by atoms with Crippen LogP contribution >= 0.6 is 0 Å². The summed E-state index contributed by atoms with van der Waals surface area (Å²) in [6.07, 6.45) is 2.02. The summed E-state index contributed by atoms with van der Waals surface area (Å²) in [5.74, 6) is 0.915. The summed E-state index contributed by atoms with van der Waals surface area (Å²) in [6, 6.07) is 9.20. The number of fused-ring (bicyclic) bond motifs is 1. The number of hydrogen-bond acceptors (Lipinski definition) is 2. The van der Waals surface area contributed by atoms with Crippen LogP contribution in [-0.4, -0.2) is 35.6 Å². The Morgan fingerprint density at radius 3 is 2.83 bits per heavy atom. The van der Waals surface area contributed by atoms with Crippen LogP contribution in [0.3, 0.4) is 0 Å². The Bertz CT molecular complexity index is 488. The van der Waals surface area contributed by atoms with E-state index in [9.17, 15) is 0 Å². The van der Waals surface area contributed by atoms with Gasteiger partial charge in [-0.3, -0.25) is 0 Å². The van der Waals surface area contributed by atoms with E-state index in [4.69, 9.17) is 4.74 Å². The summed E-state index contributed by atoms with van der Waals surface area (Å²) in [4.78, 5) is 5.52. The minimum absolute atomic E-state index is 0.196. The monoisotopic (exact) mass is 245 g/mol. The molecule has 3 nitrogen and oxygen atoms in total. The van der Waals surface area contributed by atoms with E-state index in [0.717, 1.165) is 36.3 Å². The van der Waals surface area contributed by atoms with Crippen molar-refractivity contribution in [1.82, 2.24) is 9.88 Å². The van der Waals surface area contributed by atoms with Gasteiger partial charge in [0.05, 0.1) is 0 Å². The number of likely N-dealkylation sites (N-methyl/N-ethyl adjacent to an activating group) is 1. The molecule has 1 atom stereocenters. The van der Waals surface area contributed by atoms with Crippen LogP contribution in [-0.2, 0) is 0 Å². The Balaban J connectivity index is 1.99. The molecule has 0 bridgehead atoms. The van der Waals surface area contributed by atoms with Crippen LogP contribution in [0.15, 0.2) is 24.4 Å². The lowest BCUT2D eigenvalue weighted by Crippen LogP contribution is -2.33. The van der Waals surface area contributed by atoms with Gasteiger partial charge in [-0.15, -0.1) is 0 Å². The number of aromatic nitrogens is 1. The minimum Gasteiger partial charge on any atom is -0.489 e. The molecule has 0 aliphatic heterocycles. The zero-order valence-electron chi connectivity index (χ0n) is 11.4. The number of H-pyrrole nitrogens is 1. The Morgan fingerprint density at radius 1 is 1.33 bits per heavy atom. The van der Waals surface area contributed by atoms with E-state index >= 15 is 0 Å². The maximum absolute atomic E-state index is 5.95. The van der Waals surface area contributed by atoms with Gasteiger partial charge in [-0.25, -0.2) is 0 Å². The largest absolute Gasteiger partial charge is 0.489 e. The lowest BCUT2D eigenvalue weighted by Gasteiger charge is -2.23. The highest BCUT2D eigenvalue weighted by molar-refractivity contribution is 5.79. The quantitative estimate of drug-likeness (QED) is 0.847. The molecule has 2 rings (SSSR count). The summed E-state index contributed by atoms with van der Waals surface area (Å²) in [5, 5.41) is 1.10. The van der Waals surface area contributed by atoms with Crippen molar-refractivity contribution in [3.05, 3.63) is 30.5 Å². The molecule has 2 aromatic rings. The first kappa shape index (κ1) is 13.0. The van der Waals surface area contributed by atoms with Gasteiger partial charge in [0.25, 0.3) is 0 Å². The van der Waals surface area contributed by atoms with Crippen LogP contribution < -0.4 is 4.74 Å². The van der Waals surface area contributed by atoms with Crippen molar-refractivity contribution in [2.45, 2.75) is 26.9 Å². The summed E-state index contributed by atoms with van der Waals surface area (Å²) < 4.78 is 5.95. The van der Waals surface area contributed by atoms with E-state index in [1.165, 1.54) is 0 Å². The fourth-order valence-electron chi connectivity index (χ4n) is 2.15. The van der Waals surface area contributed by atoms with Gasteiger partial charge in [0.1, 0.15) is 11.9 Å². The van der Waals surface area contributed by atoms with Crippen molar-refractivity contribution in [2.24, 2.45) is 0 Å². The number of nitrogens with zero attached hydrogens (tertiary/aromatic N) is 1. The predicted octanol–water partition coefficient (Wildman–Crippen LogP) is 3.08. The first-order valence-electron chi connectivity index (χ1n) is 6.60. The van der Waals surface area contributed by atoms with Gasteiger partial charge in [0, 0.05) is 35.8 Å². The number of benzene rings is 1. The van der Waals surface area contributed by atoms with Crippen LogP contribution in [0, 0.1) is 6.07 Å². The maximum Gasteiger partial charge on any atom is 0.121 e. The molecule has 0 saturated heterocycles. The van der Waals surface area contributed by atoms with Gasteiger partial charge in [-0.2, -0.15) is 0 Å². The molecule has 1 aromatic carbocycles. The summed E-state index contributed by atoms with van der Waals surface area (Å²) in [5.41, 5.74) is 1.07. The van der Waals surface area contributed by atoms with Crippen molar-refractivity contribution in [3.8, 4) is 5.75 Å². The van der Waals surface area contributed by atoms with E-state index in [0.29, 0.717) is 0 Å². The van der Waals surface area contributed by atoms with Crippen LogP contribution in [0.2, 0.25) is 0 Å². The van der Waals surface area contributed by atoms with Crippen LogP contribution in [0.1, 0.15) is 20.8 Å². The Labute approximate surface area is 109 Å². The van der Waals surface area contributed by atoms with Gasteiger partial charge >= 0.3 is 0 Å². The predicted molar refractivity (Wildman–Crippen MR) is 75.0 cm³/mol. The second kappa shape index (κ2) is 5.91. The van der Waals surface area contributed by atoms with Crippen molar-refractivity contribution in [2.75, 3.05) is 19.6 Å². The first-order chi connectivity index (χ1) is 8.72. The number of hydrogen-bond donors (Lipinski definition) is 1. The Morgan fingerprint density at radius 2 is 2.11 bits per heavy atom. The van der Waals surface area contributed by atoms with E-state index in [1.54, 1.807) is 0 Å². The molecule has 18 heavy (non-hydrogen) atoms. The third-order valence-corrected chi connectivity index (χ3v) is 3.19. The SMILES string of the molecule is CCN(CC)CC(C)Oc1ccc2[c]c[nH]c2c1. The van der Waals surface area contributed by atoms with Crippen molar-refractivity contribution < 1.29 is 4.74 Å². The summed E-state index contributed by atoms with van der Waals surface area (Å²) >= 11 is 0. The van der Waals surface area contributed by atoms with Crippen molar-refractivity contribution in [1.29, 1.82) is 0 Å². The molecule has 0 amide bonds. The highest BCUT2D eigenvalue weighted by Gasteiger charge is 2.09. The molecule has 3 heteroatoms. The fraction of sp³-hybridized carbons (Fsp3) is 0.467. The van der Waals surface area contributed by atoms with Crippen LogP contribution in [0.4, 0.5) is 0 Å². The third kappa shape index (κ3) is 3.05. The number of nitrogens with one attached hydrogen (secondary N) is 1. The zero-order chi connectivity index (χ0) is 13.0. The van der Waals surface area contributed by atoms with Crippen LogP contribution in [0.25, 0.3) is 10.9 Å². The van der Waals surface area contributed by atoms with Gasteiger partial charge < -0.3 is 14.6 Å². The van der Waals surface area contributed by atoms with E-state index in [-0.39, 0.29) is 6.10 Å². The van der Waals surface area contributed by atoms with Crippen LogP contribution in [0.5, 0.6) is 5.75 Å². The van der Waals surface area contributed by atoms with Gasteiger partial charge in [-0.1, -0.05) is 13.8 Å². The second-order valence-corrected chi connectivity index (χ2v) is 4.55. The van der Waals surface area contributed by atoms with Crippen molar-refractivity contribution in [3.63, 3.8) is 0 Å². The molecular formula is C15H21N2O. The average Bonchev–Trinajstić information content (AvgIpc) is 2.83. The molecular weight excluding hydrogens is 224 g/mol. The molecule has 97 valence electrons. The molecule has 0 aliphatic rings. The summed E-state index contributed by atoms with van der Waals surface area (Å²) in [7, 11) is 0. The maximum atomic E-state index is 5.95. The highest BCUT2D eigenvalue weighted by atomic mass is 16.5. The smallest absolute Gasteiger partial charge is 0.121 e. The standard InChI is InChI=1S/C15H21N2O/c1-4-17(5-2)11-12(3)18-14-7-6-13-8-9-16-15(13)10-14/h6-7,9-10,12,16H,4-5,11H2,1-3H3. The lowest BCUT2D eigenvalue weighted by atomic mass is 10.2. The molecule has 0 aliphatic carbocycles. The normalized spacial score (nSPS) is 13.1. The Hall–Kier alpha value is -1.48. The third-order valence-electron chi connectivity index (χ3n) is 3.19. The second-order valence-electron chi connectivity index (χ2n) is 4.55.